The molecular weight excluding hydrogens is 316 g/mol. The Hall–Kier alpha value is -3.34. The van der Waals surface area contributed by atoms with Crippen molar-refractivity contribution in [3.63, 3.8) is 0 Å². The quantitative estimate of drug-likeness (QED) is 0.429. The van der Waals surface area contributed by atoms with E-state index < -0.39 is 5.97 Å². The van der Waals surface area contributed by atoms with Crippen LogP contribution in [0.4, 0.5) is 5.69 Å². The molecule has 5 nitrogen and oxygen atoms in total. The zero-order valence-corrected chi connectivity index (χ0v) is 14.0. The van der Waals surface area contributed by atoms with Crippen molar-refractivity contribution in [1.29, 1.82) is 0 Å². The number of aryl methyl sites for hydroxylation is 1. The average molecular weight is 334 g/mol. The lowest BCUT2D eigenvalue weighted by Crippen LogP contribution is -2.07. The largest absolute Gasteiger partial charge is 0.423 e. The first-order valence-electron chi connectivity index (χ1n) is 7.84. The van der Waals surface area contributed by atoms with Crippen molar-refractivity contribution in [3.8, 4) is 17.0 Å². The monoisotopic (exact) mass is 334 g/mol. The Balaban J connectivity index is 1.83. The van der Waals surface area contributed by atoms with Gasteiger partial charge in [-0.3, -0.25) is 4.79 Å². The molecule has 0 unspecified atom stereocenters. The lowest BCUT2D eigenvalue weighted by molar-refractivity contribution is 0.0734. The molecule has 2 aromatic carbocycles. The normalized spacial score (nSPS) is 10.5. The minimum atomic E-state index is -0.414. The highest BCUT2D eigenvalue weighted by molar-refractivity contribution is 6.03. The molecule has 0 spiro atoms. The summed E-state index contributed by atoms with van der Waals surface area (Å²) < 4.78 is 5.35. The van der Waals surface area contributed by atoms with Gasteiger partial charge >= 0.3 is 5.97 Å². The van der Waals surface area contributed by atoms with E-state index in [1.807, 2.05) is 13.0 Å². The molecule has 0 atom stereocenters. The number of ketones is 1. The summed E-state index contributed by atoms with van der Waals surface area (Å²) in [4.78, 5) is 26.9. The van der Waals surface area contributed by atoms with E-state index in [2.05, 4.69) is 4.98 Å². The number of nitrogen functional groups attached to an aromatic ring is 1. The van der Waals surface area contributed by atoms with Crippen LogP contribution in [0, 0.1) is 6.92 Å². The molecule has 3 rings (SSSR count). The fraction of sp³-hybridized carbons (Fsp3) is 0.100. The number of carbonyl (C=O) groups excluding carboxylic acids is 2. The second-order valence-corrected chi connectivity index (χ2v) is 5.75. The molecule has 1 aromatic heterocycles. The number of aromatic amines is 1. The molecule has 3 N–H and O–H groups in total. The fourth-order valence-electron chi connectivity index (χ4n) is 2.76. The molecular formula is C20H18N2O3. The highest BCUT2D eigenvalue weighted by Crippen LogP contribution is 2.31. The fourth-order valence-corrected chi connectivity index (χ4v) is 2.76. The van der Waals surface area contributed by atoms with E-state index in [0.717, 1.165) is 11.3 Å². The summed E-state index contributed by atoms with van der Waals surface area (Å²) in [7, 11) is 0. The Bertz CT molecular complexity index is 926. The first kappa shape index (κ1) is 16.5. The maximum absolute atomic E-state index is 12.1. The van der Waals surface area contributed by atoms with E-state index in [1.165, 1.54) is 6.92 Å². The van der Waals surface area contributed by atoms with E-state index in [-0.39, 0.29) is 5.78 Å². The van der Waals surface area contributed by atoms with Gasteiger partial charge in [0.1, 0.15) is 5.75 Å². The number of esters is 1. The molecule has 5 heteroatoms. The summed E-state index contributed by atoms with van der Waals surface area (Å²) in [6.45, 7) is 3.30. The topological polar surface area (TPSA) is 85.2 Å². The Morgan fingerprint density at radius 3 is 2.20 bits per heavy atom. The van der Waals surface area contributed by atoms with Crippen LogP contribution in [-0.4, -0.2) is 16.7 Å². The number of hydrogen-bond acceptors (Lipinski definition) is 4. The number of benzene rings is 2. The Morgan fingerprint density at radius 2 is 1.64 bits per heavy atom. The lowest BCUT2D eigenvalue weighted by atomic mass is 10.1. The van der Waals surface area contributed by atoms with Gasteiger partial charge in [0.25, 0.3) is 0 Å². The second kappa shape index (κ2) is 6.65. The second-order valence-electron chi connectivity index (χ2n) is 5.75. The molecule has 0 saturated heterocycles. The number of aromatic nitrogens is 1. The number of nitrogens with two attached hydrogens (primary N) is 1. The standard InChI is InChI=1S/C20H18N2O3/c1-12-17(13(2)23)18(21)19(22-12)14-8-10-16(11-9-14)25-20(24)15-6-4-3-5-7-15/h3-11,22H,21H2,1-2H3. The van der Waals surface area contributed by atoms with Gasteiger partial charge in [-0.2, -0.15) is 0 Å². The predicted octanol–water partition coefficient (Wildman–Crippen LogP) is 3.99. The van der Waals surface area contributed by atoms with Crippen molar-refractivity contribution < 1.29 is 14.3 Å². The molecule has 0 radical (unpaired) electrons. The smallest absolute Gasteiger partial charge is 0.343 e. The van der Waals surface area contributed by atoms with Crippen LogP contribution in [0.3, 0.4) is 0 Å². The van der Waals surface area contributed by atoms with Gasteiger partial charge in [-0.25, -0.2) is 4.79 Å². The first-order valence-corrected chi connectivity index (χ1v) is 7.84. The Labute approximate surface area is 145 Å². The number of rotatable bonds is 4. The molecule has 0 fully saturated rings. The van der Waals surface area contributed by atoms with Crippen LogP contribution in [-0.2, 0) is 0 Å². The molecule has 0 aliphatic carbocycles. The number of Topliss-reactive ketones (excluding diaryl/α,β-unsaturated/α-hetero) is 1. The first-order chi connectivity index (χ1) is 12.0. The minimum absolute atomic E-state index is 0.0779. The molecule has 0 bridgehead atoms. The van der Waals surface area contributed by atoms with Crippen LogP contribution in [0.15, 0.2) is 54.6 Å². The summed E-state index contributed by atoms with van der Waals surface area (Å²) in [6.07, 6.45) is 0. The predicted molar refractivity (Wildman–Crippen MR) is 96.8 cm³/mol. The zero-order chi connectivity index (χ0) is 18.0. The van der Waals surface area contributed by atoms with Gasteiger partial charge in [0.15, 0.2) is 5.78 Å². The maximum Gasteiger partial charge on any atom is 0.343 e. The van der Waals surface area contributed by atoms with E-state index >= 15 is 0 Å². The Kier molecular flexibility index (Phi) is 4.39. The van der Waals surface area contributed by atoms with E-state index in [1.54, 1.807) is 48.5 Å². The van der Waals surface area contributed by atoms with Gasteiger partial charge in [-0.15, -0.1) is 0 Å². The van der Waals surface area contributed by atoms with Crippen LogP contribution in [0.25, 0.3) is 11.3 Å². The van der Waals surface area contributed by atoms with Gasteiger partial charge in [-0.1, -0.05) is 18.2 Å². The number of ether oxygens (including phenoxy) is 1. The average Bonchev–Trinajstić information content (AvgIpc) is 2.91. The zero-order valence-electron chi connectivity index (χ0n) is 14.0. The summed E-state index contributed by atoms with van der Waals surface area (Å²) in [6, 6.07) is 15.8. The minimum Gasteiger partial charge on any atom is -0.423 e. The third-order valence-corrected chi connectivity index (χ3v) is 3.94. The molecule has 0 saturated carbocycles. The number of H-pyrrole nitrogens is 1. The van der Waals surface area contributed by atoms with Gasteiger partial charge in [-0.05, 0) is 50.2 Å². The molecule has 126 valence electrons. The highest BCUT2D eigenvalue weighted by atomic mass is 16.5. The van der Waals surface area contributed by atoms with Crippen molar-refractivity contribution >= 4 is 17.4 Å². The Morgan fingerprint density at radius 1 is 1.00 bits per heavy atom. The van der Waals surface area contributed by atoms with Crippen molar-refractivity contribution in [2.45, 2.75) is 13.8 Å². The van der Waals surface area contributed by atoms with Crippen LogP contribution >= 0.6 is 0 Å². The van der Waals surface area contributed by atoms with Gasteiger partial charge < -0.3 is 15.5 Å². The molecule has 0 aliphatic rings. The molecule has 0 aliphatic heterocycles. The summed E-state index contributed by atoms with van der Waals surface area (Å²) >= 11 is 0. The third kappa shape index (κ3) is 3.30. The van der Waals surface area contributed by atoms with Gasteiger partial charge in [0, 0.05) is 11.3 Å². The SMILES string of the molecule is CC(=O)c1c(C)[nH]c(-c2ccc(OC(=O)c3ccccc3)cc2)c1N. The summed E-state index contributed by atoms with van der Waals surface area (Å²) in [5.41, 5.74) is 9.75. The highest BCUT2D eigenvalue weighted by Gasteiger charge is 2.17. The van der Waals surface area contributed by atoms with Crippen molar-refractivity contribution in [1.82, 2.24) is 4.98 Å². The molecule has 0 amide bonds. The number of hydrogen-bond donors (Lipinski definition) is 2. The van der Waals surface area contributed by atoms with Crippen molar-refractivity contribution in [2.75, 3.05) is 5.73 Å². The van der Waals surface area contributed by atoms with Crippen LogP contribution < -0.4 is 10.5 Å². The third-order valence-electron chi connectivity index (χ3n) is 3.94. The van der Waals surface area contributed by atoms with Crippen LogP contribution in [0.1, 0.15) is 33.3 Å². The van der Waals surface area contributed by atoms with Crippen LogP contribution in [0.5, 0.6) is 5.75 Å². The van der Waals surface area contributed by atoms with Crippen molar-refractivity contribution in [2.24, 2.45) is 0 Å². The lowest BCUT2D eigenvalue weighted by Gasteiger charge is -2.06. The van der Waals surface area contributed by atoms with E-state index in [9.17, 15) is 9.59 Å². The number of anilines is 1. The summed E-state index contributed by atoms with van der Waals surface area (Å²) in [5, 5.41) is 0. The van der Waals surface area contributed by atoms with Crippen molar-refractivity contribution in [3.05, 3.63) is 71.4 Å². The van der Waals surface area contributed by atoms with Gasteiger partial charge in [0.2, 0.25) is 0 Å². The van der Waals surface area contributed by atoms with Gasteiger partial charge in [0.05, 0.1) is 22.5 Å². The summed E-state index contributed by atoms with van der Waals surface area (Å²) in [5.74, 6) is -0.0559. The molecule has 3 aromatic rings. The van der Waals surface area contributed by atoms with E-state index in [4.69, 9.17) is 10.5 Å². The maximum atomic E-state index is 12.1. The number of nitrogens with one attached hydrogen (secondary N) is 1. The molecule has 25 heavy (non-hydrogen) atoms. The number of carbonyl (C=O) groups is 2. The van der Waals surface area contributed by atoms with Crippen LogP contribution in [0.2, 0.25) is 0 Å². The molecule has 1 heterocycles. The van der Waals surface area contributed by atoms with E-state index in [0.29, 0.717) is 28.3 Å².